The summed E-state index contributed by atoms with van der Waals surface area (Å²) in [6.07, 6.45) is 1.91. The molecule has 0 saturated heterocycles. The number of hydrogen-bond acceptors (Lipinski definition) is 2. The van der Waals surface area contributed by atoms with Crippen LogP contribution in [-0.4, -0.2) is 23.9 Å². The first-order valence-electron chi connectivity index (χ1n) is 5.83. The molecule has 0 aliphatic heterocycles. The number of carbonyl (C=O) groups excluding carboxylic acids is 1. The Labute approximate surface area is 111 Å². The van der Waals surface area contributed by atoms with E-state index in [0.717, 1.165) is 17.3 Å². The minimum Gasteiger partial charge on any atom is -0.398 e. The van der Waals surface area contributed by atoms with E-state index in [1.807, 2.05) is 13.1 Å². The van der Waals surface area contributed by atoms with Crippen molar-refractivity contribution in [2.75, 3.05) is 12.8 Å². The summed E-state index contributed by atoms with van der Waals surface area (Å²) in [6, 6.07) is 5.63. The van der Waals surface area contributed by atoms with Crippen molar-refractivity contribution >= 4 is 27.5 Å². The van der Waals surface area contributed by atoms with Crippen LogP contribution in [0.3, 0.4) is 0 Å². The predicted octanol–water partition coefficient (Wildman–Crippen LogP) is 3.29. The van der Waals surface area contributed by atoms with Crippen LogP contribution in [0.15, 0.2) is 22.7 Å². The van der Waals surface area contributed by atoms with Gasteiger partial charge in [0.15, 0.2) is 0 Å². The first kappa shape index (κ1) is 14.0. The smallest absolute Gasteiger partial charge is 0.255 e. The Bertz CT molecular complexity index is 402. The van der Waals surface area contributed by atoms with Crippen molar-refractivity contribution in [1.29, 1.82) is 0 Å². The third-order valence-corrected chi connectivity index (χ3v) is 3.55. The number of nitrogen functional groups attached to an aromatic ring is 1. The molecule has 0 saturated carbocycles. The first-order chi connectivity index (χ1) is 8.01. The Morgan fingerprint density at radius 2 is 2.00 bits per heavy atom. The van der Waals surface area contributed by atoms with Gasteiger partial charge in [-0.3, -0.25) is 4.79 Å². The van der Waals surface area contributed by atoms with Gasteiger partial charge >= 0.3 is 0 Å². The summed E-state index contributed by atoms with van der Waals surface area (Å²) in [6.45, 7) is 4.17. The molecule has 0 unspecified atom stereocenters. The second-order valence-corrected chi connectivity index (χ2v) is 5.03. The highest BCUT2D eigenvalue weighted by Gasteiger charge is 2.19. The van der Waals surface area contributed by atoms with Gasteiger partial charge in [0.05, 0.1) is 5.56 Å². The third kappa shape index (κ3) is 3.22. The van der Waals surface area contributed by atoms with Gasteiger partial charge in [0.2, 0.25) is 0 Å². The van der Waals surface area contributed by atoms with Crippen molar-refractivity contribution < 1.29 is 4.79 Å². The van der Waals surface area contributed by atoms with Crippen LogP contribution in [0.25, 0.3) is 0 Å². The van der Waals surface area contributed by atoms with Gasteiger partial charge in [-0.15, -0.1) is 0 Å². The molecule has 0 spiro atoms. The van der Waals surface area contributed by atoms with E-state index >= 15 is 0 Å². The van der Waals surface area contributed by atoms with Crippen LogP contribution in [-0.2, 0) is 0 Å². The molecule has 0 aliphatic carbocycles. The van der Waals surface area contributed by atoms with Crippen molar-refractivity contribution in [3.63, 3.8) is 0 Å². The molecule has 3 nitrogen and oxygen atoms in total. The van der Waals surface area contributed by atoms with Crippen molar-refractivity contribution in [2.24, 2.45) is 0 Å². The van der Waals surface area contributed by atoms with Crippen molar-refractivity contribution in [3.8, 4) is 0 Å². The average molecular weight is 299 g/mol. The molecule has 0 radical (unpaired) electrons. The lowest BCUT2D eigenvalue weighted by Crippen LogP contribution is -2.36. The summed E-state index contributed by atoms with van der Waals surface area (Å²) >= 11 is 3.33. The fourth-order valence-electron chi connectivity index (χ4n) is 1.92. The Kier molecular flexibility index (Phi) is 5.00. The van der Waals surface area contributed by atoms with E-state index in [-0.39, 0.29) is 11.9 Å². The van der Waals surface area contributed by atoms with Crippen molar-refractivity contribution in [2.45, 2.75) is 32.7 Å². The molecule has 1 amide bonds. The molecule has 4 heteroatoms. The molecule has 0 heterocycles. The maximum Gasteiger partial charge on any atom is 0.255 e. The molecular weight excluding hydrogens is 280 g/mol. The molecule has 94 valence electrons. The summed E-state index contributed by atoms with van der Waals surface area (Å²) in [5.74, 6) is -0.0105. The van der Waals surface area contributed by atoms with Crippen LogP contribution in [0.1, 0.15) is 37.0 Å². The summed E-state index contributed by atoms with van der Waals surface area (Å²) in [5.41, 5.74) is 6.95. The van der Waals surface area contributed by atoms with Crippen molar-refractivity contribution in [3.05, 3.63) is 28.2 Å². The van der Waals surface area contributed by atoms with Crippen LogP contribution >= 0.6 is 15.9 Å². The van der Waals surface area contributed by atoms with Crippen LogP contribution in [0.2, 0.25) is 0 Å². The zero-order valence-corrected chi connectivity index (χ0v) is 12.1. The molecule has 17 heavy (non-hydrogen) atoms. The Balaban J connectivity index is 2.96. The molecule has 0 atom stereocenters. The minimum absolute atomic E-state index is 0.0105. The average Bonchev–Trinajstić information content (AvgIpc) is 2.29. The molecular formula is C13H19BrN2O. The molecule has 1 rings (SSSR count). The quantitative estimate of drug-likeness (QED) is 0.867. The largest absolute Gasteiger partial charge is 0.398 e. The Morgan fingerprint density at radius 1 is 1.41 bits per heavy atom. The lowest BCUT2D eigenvalue weighted by Gasteiger charge is -2.26. The molecule has 1 aromatic rings. The second kappa shape index (κ2) is 6.05. The Morgan fingerprint density at radius 3 is 2.47 bits per heavy atom. The molecule has 0 fully saturated rings. The topological polar surface area (TPSA) is 46.3 Å². The molecule has 2 N–H and O–H groups in total. The Hall–Kier alpha value is -1.03. The lowest BCUT2D eigenvalue weighted by atomic mass is 10.1. The van der Waals surface area contributed by atoms with Crippen molar-refractivity contribution in [1.82, 2.24) is 4.90 Å². The summed E-state index contributed by atoms with van der Waals surface area (Å²) in [4.78, 5) is 14.0. The number of rotatable bonds is 4. The number of nitrogens with two attached hydrogens (primary N) is 1. The second-order valence-electron chi connectivity index (χ2n) is 4.12. The molecule has 0 bridgehead atoms. The summed E-state index contributed by atoms with van der Waals surface area (Å²) in [7, 11) is 1.83. The van der Waals surface area contributed by atoms with Crippen LogP contribution in [0.5, 0.6) is 0 Å². The van der Waals surface area contributed by atoms with Gasteiger partial charge in [0, 0.05) is 23.2 Å². The van der Waals surface area contributed by atoms with Gasteiger partial charge in [0.1, 0.15) is 0 Å². The normalized spacial score (nSPS) is 10.6. The lowest BCUT2D eigenvalue weighted by molar-refractivity contribution is 0.0725. The standard InChI is InChI=1S/C13H19BrN2O/c1-4-10(5-2)16(3)13(17)11-7-6-9(14)8-12(11)15/h6-8,10H,4-5,15H2,1-3H3. The zero-order valence-electron chi connectivity index (χ0n) is 10.5. The number of anilines is 1. The highest BCUT2D eigenvalue weighted by atomic mass is 79.9. The van der Waals surface area contributed by atoms with Gasteiger partial charge in [-0.2, -0.15) is 0 Å². The highest BCUT2D eigenvalue weighted by molar-refractivity contribution is 9.10. The SMILES string of the molecule is CCC(CC)N(C)C(=O)c1ccc(Br)cc1N. The van der Waals surface area contributed by atoms with Crippen LogP contribution in [0, 0.1) is 0 Å². The van der Waals surface area contributed by atoms with E-state index in [1.54, 1.807) is 17.0 Å². The maximum absolute atomic E-state index is 12.3. The number of halogens is 1. The number of carbonyl (C=O) groups is 1. The molecule has 0 aliphatic rings. The number of amides is 1. The summed E-state index contributed by atoms with van der Waals surface area (Å²) in [5, 5.41) is 0. The fourth-order valence-corrected chi connectivity index (χ4v) is 2.30. The van der Waals surface area contributed by atoms with Gasteiger partial charge < -0.3 is 10.6 Å². The minimum atomic E-state index is -0.0105. The van der Waals surface area contributed by atoms with Crippen LogP contribution in [0.4, 0.5) is 5.69 Å². The molecule has 1 aromatic carbocycles. The van der Waals surface area contributed by atoms with Crippen LogP contribution < -0.4 is 5.73 Å². The van der Waals surface area contributed by atoms with E-state index in [1.165, 1.54) is 0 Å². The highest BCUT2D eigenvalue weighted by Crippen LogP contribution is 2.21. The van der Waals surface area contributed by atoms with E-state index in [4.69, 9.17) is 5.73 Å². The zero-order chi connectivity index (χ0) is 13.0. The number of nitrogens with zero attached hydrogens (tertiary/aromatic N) is 1. The van der Waals surface area contributed by atoms with E-state index in [2.05, 4.69) is 29.8 Å². The maximum atomic E-state index is 12.3. The van der Waals surface area contributed by atoms with E-state index in [9.17, 15) is 4.79 Å². The van der Waals surface area contributed by atoms with Gasteiger partial charge in [0.25, 0.3) is 5.91 Å². The van der Waals surface area contributed by atoms with Gasteiger partial charge in [-0.25, -0.2) is 0 Å². The number of hydrogen-bond donors (Lipinski definition) is 1. The van der Waals surface area contributed by atoms with E-state index < -0.39 is 0 Å². The summed E-state index contributed by atoms with van der Waals surface area (Å²) < 4.78 is 0.886. The molecule has 0 aromatic heterocycles. The first-order valence-corrected chi connectivity index (χ1v) is 6.62. The monoisotopic (exact) mass is 298 g/mol. The predicted molar refractivity (Wildman–Crippen MR) is 75.0 cm³/mol. The third-order valence-electron chi connectivity index (χ3n) is 3.05. The fraction of sp³-hybridized carbons (Fsp3) is 0.462. The van der Waals surface area contributed by atoms with E-state index in [0.29, 0.717) is 11.3 Å². The van der Waals surface area contributed by atoms with Gasteiger partial charge in [-0.05, 0) is 31.0 Å². The van der Waals surface area contributed by atoms with Gasteiger partial charge in [-0.1, -0.05) is 29.8 Å². The number of benzene rings is 1.